The van der Waals surface area contributed by atoms with Gasteiger partial charge in [0.2, 0.25) is 0 Å². The number of hydrogen-bond donors (Lipinski definition) is 2. The van der Waals surface area contributed by atoms with Crippen LogP contribution in [-0.4, -0.2) is 29.3 Å². The molecule has 0 aromatic rings. The van der Waals surface area contributed by atoms with Crippen LogP contribution in [0, 0.1) is 11.8 Å². The van der Waals surface area contributed by atoms with Crippen LogP contribution in [0.15, 0.2) is 12.2 Å². The van der Waals surface area contributed by atoms with Crippen LogP contribution >= 0.6 is 0 Å². The molecule has 0 bridgehead atoms. The average Bonchev–Trinajstić information content (AvgIpc) is 2.60. The minimum Gasteiger partial charge on any atom is -0.481 e. The van der Waals surface area contributed by atoms with Gasteiger partial charge in [-0.25, -0.2) is 4.79 Å². The van der Waals surface area contributed by atoms with E-state index in [-0.39, 0.29) is 5.92 Å². The van der Waals surface area contributed by atoms with E-state index in [1.807, 2.05) is 6.08 Å². The summed E-state index contributed by atoms with van der Waals surface area (Å²) in [6.45, 7) is 5.79. The number of carboxylic acids is 1. The molecule has 0 saturated carbocycles. The lowest BCUT2D eigenvalue weighted by molar-refractivity contribution is -0.140. The summed E-state index contributed by atoms with van der Waals surface area (Å²) in [6.07, 6.45) is 3.56. The molecule has 0 saturated heterocycles. The summed E-state index contributed by atoms with van der Waals surface area (Å²) in [5.41, 5.74) is -0.515. The van der Waals surface area contributed by atoms with Crippen LogP contribution in [0.4, 0.5) is 4.79 Å². The minimum atomic E-state index is -0.819. The Morgan fingerprint density at radius 1 is 1.41 bits per heavy atom. The molecule has 0 spiro atoms. The Morgan fingerprint density at radius 2 is 2.06 bits per heavy atom. The normalized spacial score (nSPS) is 23.5. The summed E-state index contributed by atoms with van der Waals surface area (Å²) in [6, 6.07) is 0. The average molecular weight is 241 g/mol. The molecule has 0 radical (unpaired) electrons. The van der Waals surface area contributed by atoms with Crippen LogP contribution in [-0.2, 0) is 9.53 Å². The fourth-order valence-electron chi connectivity index (χ4n) is 1.64. The first-order valence-electron chi connectivity index (χ1n) is 5.66. The molecule has 5 heteroatoms. The summed E-state index contributed by atoms with van der Waals surface area (Å²) in [5.74, 6) is -1.18. The molecule has 2 N–H and O–H groups in total. The van der Waals surface area contributed by atoms with Crippen LogP contribution < -0.4 is 5.32 Å². The molecule has 96 valence electrons. The van der Waals surface area contributed by atoms with Gasteiger partial charge in [0.15, 0.2) is 0 Å². The van der Waals surface area contributed by atoms with Crippen LogP contribution in [0.25, 0.3) is 0 Å². The second-order valence-electron chi connectivity index (χ2n) is 5.21. The smallest absolute Gasteiger partial charge is 0.407 e. The molecule has 0 heterocycles. The zero-order valence-corrected chi connectivity index (χ0v) is 10.4. The number of carbonyl (C=O) groups is 2. The van der Waals surface area contributed by atoms with Crippen molar-refractivity contribution in [2.75, 3.05) is 6.54 Å². The third-order valence-electron chi connectivity index (χ3n) is 2.40. The maximum atomic E-state index is 11.4. The summed E-state index contributed by atoms with van der Waals surface area (Å²) >= 11 is 0. The fraction of sp³-hybridized carbons (Fsp3) is 0.667. The van der Waals surface area contributed by atoms with Gasteiger partial charge in [-0.2, -0.15) is 0 Å². The van der Waals surface area contributed by atoms with Crippen molar-refractivity contribution in [1.29, 1.82) is 0 Å². The lowest BCUT2D eigenvalue weighted by Gasteiger charge is -2.20. The second-order valence-corrected chi connectivity index (χ2v) is 5.21. The number of ether oxygens (including phenoxy) is 1. The van der Waals surface area contributed by atoms with Crippen molar-refractivity contribution in [2.24, 2.45) is 11.8 Å². The van der Waals surface area contributed by atoms with Crippen LogP contribution in [0.5, 0.6) is 0 Å². The molecule has 1 aliphatic carbocycles. The Labute approximate surface area is 101 Å². The van der Waals surface area contributed by atoms with Gasteiger partial charge in [0.1, 0.15) is 5.60 Å². The first-order chi connectivity index (χ1) is 7.78. The Morgan fingerprint density at radius 3 is 2.53 bits per heavy atom. The molecule has 17 heavy (non-hydrogen) atoms. The minimum absolute atomic E-state index is 0.0728. The van der Waals surface area contributed by atoms with Crippen molar-refractivity contribution in [3.05, 3.63) is 12.2 Å². The van der Waals surface area contributed by atoms with Crippen molar-refractivity contribution >= 4 is 12.1 Å². The first-order valence-corrected chi connectivity index (χ1v) is 5.66. The highest BCUT2D eigenvalue weighted by atomic mass is 16.6. The van der Waals surface area contributed by atoms with E-state index in [1.165, 1.54) is 0 Å². The Hall–Kier alpha value is -1.52. The Bertz CT molecular complexity index is 330. The van der Waals surface area contributed by atoms with Crippen LogP contribution in [0.3, 0.4) is 0 Å². The quantitative estimate of drug-likeness (QED) is 0.738. The first kappa shape index (κ1) is 13.5. The third kappa shape index (κ3) is 4.89. The number of aliphatic carboxylic acids is 1. The zero-order chi connectivity index (χ0) is 13.1. The second kappa shape index (κ2) is 5.21. The molecule has 1 rings (SSSR count). The van der Waals surface area contributed by atoms with Crippen molar-refractivity contribution in [1.82, 2.24) is 5.32 Å². The van der Waals surface area contributed by atoms with Crippen molar-refractivity contribution in [2.45, 2.75) is 32.8 Å². The molecule has 1 aliphatic rings. The highest BCUT2D eigenvalue weighted by molar-refractivity contribution is 5.73. The molecule has 5 nitrogen and oxygen atoms in total. The van der Waals surface area contributed by atoms with Crippen LogP contribution in [0.2, 0.25) is 0 Å². The van der Waals surface area contributed by atoms with Gasteiger partial charge in [-0.3, -0.25) is 4.79 Å². The molecule has 0 aromatic heterocycles. The maximum Gasteiger partial charge on any atom is 0.407 e. The van der Waals surface area contributed by atoms with E-state index < -0.39 is 23.6 Å². The topological polar surface area (TPSA) is 75.6 Å². The summed E-state index contributed by atoms with van der Waals surface area (Å²) in [4.78, 5) is 22.1. The lowest BCUT2D eigenvalue weighted by atomic mass is 10.0. The molecule has 0 fully saturated rings. The van der Waals surface area contributed by atoms with Gasteiger partial charge in [0.05, 0.1) is 5.92 Å². The van der Waals surface area contributed by atoms with E-state index >= 15 is 0 Å². The number of carboxylic acid groups (broad SMARTS) is 1. The van der Waals surface area contributed by atoms with Gasteiger partial charge in [0, 0.05) is 6.54 Å². The molecular formula is C12H19NO4. The molecule has 2 atom stereocenters. The molecule has 0 unspecified atom stereocenters. The highest BCUT2D eigenvalue weighted by Crippen LogP contribution is 2.23. The molecule has 0 aliphatic heterocycles. The summed E-state index contributed by atoms with van der Waals surface area (Å²) < 4.78 is 5.08. The van der Waals surface area contributed by atoms with E-state index in [4.69, 9.17) is 9.84 Å². The Balaban J connectivity index is 2.27. The monoisotopic (exact) mass is 241 g/mol. The number of carbonyl (C=O) groups excluding carboxylic acids is 1. The van der Waals surface area contributed by atoms with E-state index in [0.717, 1.165) is 0 Å². The van der Waals surface area contributed by atoms with Crippen LogP contribution in [0.1, 0.15) is 27.2 Å². The van der Waals surface area contributed by atoms with E-state index in [0.29, 0.717) is 13.0 Å². The van der Waals surface area contributed by atoms with E-state index in [1.54, 1.807) is 26.8 Å². The molecular weight excluding hydrogens is 222 g/mol. The van der Waals surface area contributed by atoms with Crippen molar-refractivity contribution < 1.29 is 19.4 Å². The summed E-state index contributed by atoms with van der Waals surface area (Å²) in [5, 5.41) is 11.4. The fourth-order valence-corrected chi connectivity index (χ4v) is 1.64. The van der Waals surface area contributed by atoms with Gasteiger partial charge in [-0.05, 0) is 33.1 Å². The third-order valence-corrected chi connectivity index (χ3v) is 2.40. The number of amides is 1. The van der Waals surface area contributed by atoms with Gasteiger partial charge in [-0.1, -0.05) is 12.2 Å². The van der Waals surface area contributed by atoms with Gasteiger partial charge >= 0.3 is 12.1 Å². The number of hydrogen-bond acceptors (Lipinski definition) is 3. The maximum absolute atomic E-state index is 11.4. The number of nitrogens with one attached hydrogen (secondary N) is 1. The Kier molecular flexibility index (Phi) is 4.15. The van der Waals surface area contributed by atoms with Crippen molar-refractivity contribution in [3.8, 4) is 0 Å². The SMILES string of the molecule is CC(C)(C)OC(=O)NC[C@H]1C=C[C@@H](C(=O)O)C1. The summed E-state index contributed by atoms with van der Waals surface area (Å²) in [7, 11) is 0. The number of alkyl carbamates (subject to hydrolysis) is 1. The predicted molar refractivity (Wildman–Crippen MR) is 62.6 cm³/mol. The van der Waals surface area contributed by atoms with Crippen molar-refractivity contribution in [3.63, 3.8) is 0 Å². The zero-order valence-electron chi connectivity index (χ0n) is 10.4. The van der Waals surface area contributed by atoms with Gasteiger partial charge < -0.3 is 15.2 Å². The number of rotatable bonds is 3. The highest BCUT2D eigenvalue weighted by Gasteiger charge is 2.25. The van der Waals surface area contributed by atoms with Gasteiger partial charge in [-0.15, -0.1) is 0 Å². The molecule has 1 amide bonds. The van der Waals surface area contributed by atoms with E-state index in [2.05, 4.69) is 5.32 Å². The largest absolute Gasteiger partial charge is 0.481 e. The van der Waals surface area contributed by atoms with E-state index in [9.17, 15) is 9.59 Å². The standard InChI is InChI=1S/C12H19NO4/c1-12(2,3)17-11(16)13-7-8-4-5-9(6-8)10(14)15/h4-5,8-9H,6-7H2,1-3H3,(H,13,16)(H,14,15)/t8-,9+/m0/s1. The lowest BCUT2D eigenvalue weighted by Crippen LogP contribution is -2.35. The molecule has 0 aromatic carbocycles. The van der Waals surface area contributed by atoms with Gasteiger partial charge in [0.25, 0.3) is 0 Å². The predicted octanol–water partition coefficient (Wildman–Crippen LogP) is 1.79.